The van der Waals surface area contributed by atoms with Crippen LogP contribution < -0.4 is 10.6 Å². The minimum absolute atomic E-state index is 0. The summed E-state index contributed by atoms with van der Waals surface area (Å²) in [5.41, 5.74) is 0.183. The number of carbonyl (C=O) groups is 1. The predicted molar refractivity (Wildman–Crippen MR) is 110 cm³/mol. The van der Waals surface area contributed by atoms with E-state index >= 15 is 0 Å². The molecule has 144 valence electrons. The number of likely N-dealkylation sites (tertiary alicyclic amines) is 1. The van der Waals surface area contributed by atoms with Crippen LogP contribution in [0.25, 0.3) is 0 Å². The number of aliphatic imine (C=N–C) groups is 1. The van der Waals surface area contributed by atoms with Gasteiger partial charge in [0.1, 0.15) is 0 Å². The molecule has 2 aliphatic heterocycles. The lowest BCUT2D eigenvalue weighted by atomic mass is 9.89. The van der Waals surface area contributed by atoms with Gasteiger partial charge >= 0.3 is 0 Å². The van der Waals surface area contributed by atoms with Crippen molar-refractivity contribution in [2.45, 2.75) is 52.0 Å². The van der Waals surface area contributed by atoms with E-state index in [2.05, 4.69) is 29.4 Å². The number of hydrogen-bond acceptors (Lipinski definition) is 3. The van der Waals surface area contributed by atoms with E-state index in [1.807, 2.05) is 0 Å². The maximum absolute atomic E-state index is 12.5. The Morgan fingerprint density at radius 1 is 1.28 bits per heavy atom. The molecule has 2 N–H and O–H groups in total. The number of guanidine groups is 1. The maximum Gasteiger partial charge on any atom is 0.225 e. The lowest BCUT2D eigenvalue weighted by molar-refractivity contribution is -0.134. The van der Waals surface area contributed by atoms with Crippen molar-refractivity contribution in [1.29, 1.82) is 0 Å². The summed E-state index contributed by atoms with van der Waals surface area (Å²) in [5, 5.41) is 6.84. The Balaban J connectivity index is 0.00000225. The molecule has 1 saturated carbocycles. The van der Waals surface area contributed by atoms with Gasteiger partial charge in [-0.1, -0.05) is 19.8 Å². The summed E-state index contributed by atoms with van der Waals surface area (Å²) in [6, 6.07) is 0.304. The molecule has 0 radical (unpaired) electrons. The fourth-order valence-electron chi connectivity index (χ4n) is 3.83. The largest absolute Gasteiger partial charge is 0.380 e. The number of nitrogens with zero attached hydrogens (tertiary/aromatic N) is 2. The first-order valence-electron chi connectivity index (χ1n) is 9.51. The molecular formula is C18H33IN4O2. The molecule has 3 aliphatic rings. The number of amides is 1. The van der Waals surface area contributed by atoms with Crippen LogP contribution in [0.1, 0.15) is 46.0 Å². The van der Waals surface area contributed by atoms with Crippen LogP contribution in [0.15, 0.2) is 4.99 Å². The molecule has 0 spiro atoms. The van der Waals surface area contributed by atoms with Gasteiger partial charge in [0.05, 0.1) is 19.8 Å². The summed E-state index contributed by atoms with van der Waals surface area (Å²) < 4.78 is 5.30. The Bertz CT molecular complexity index is 476. The first kappa shape index (κ1) is 20.7. The van der Waals surface area contributed by atoms with E-state index in [9.17, 15) is 4.79 Å². The maximum atomic E-state index is 12.5. The summed E-state index contributed by atoms with van der Waals surface area (Å²) in [5.74, 6) is 1.52. The molecule has 1 aliphatic carbocycles. The van der Waals surface area contributed by atoms with Crippen molar-refractivity contribution in [1.82, 2.24) is 15.5 Å². The number of carbonyl (C=O) groups excluding carboxylic acids is 1. The molecule has 3 rings (SSSR count). The van der Waals surface area contributed by atoms with Crippen molar-refractivity contribution in [3.8, 4) is 0 Å². The highest BCUT2D eigenvalue weighted by Gasteiger charge is 2.34. The number of hydrogen-bond donors (Lipinski definition) is 2. The highest BCUT2D eigenvalue weighted by molar-refractivity contribution is 14.0. The van der Waals surface area contributed by atoms with Gasteiger partial charge in [-0.15, -0.1) is 24.0 Å². The van der Waals surface area contributed by atoms with Gasteiger partial charge < -0.3 is 20.3 Å². The van der Waals surface area contributed by atoms with E-state index < -0.39 is 0 Å². The van der Waals surface area contributed by atoms with Crippen LogP contribution in [0.2, 0.25) is 0 Å². The first-order chi connectivity index (χ1) is 11.6. The van der Waals surface area contributed by atoms with E-state index in [0.29, 0.717) is 11.9 Å². The van der Waals surface area contributed by atoms with Crippen LogP contribution in [0.3, 0.4) is 0 Å². The second kappa shape index (κ2) is 9.39. The van der Waals surface area contributed by atoms with Crippen molar-refractivity contribution in [2.75, 3.05) is 39.4 Å². The van der Waals surface area contributed by atoms with E-state index in [4.69, 9.17) is 9.73 Å². The fourth-order valence-corrected chi connectivity index (χ4v) is 3.83. The third-order valence-electron chi connectivity index (χ3n) is 5.41. The highest BCUT2D eigenvalue weighted by Crippen LogP contribution is 2.28. The average Bonchev–Trinajstić information content (AvgIpc) is 3.22. The molecule has 6 nitrogen and oxygen atoms in total. The molecule has 2 saturated heterocycles. The zero-order valence-corrected chi connectivity index (χ0v) is 17.9. The summed E-state index contributed by atoms with van der Waals surface area (Å²) >= 11 is 0. The molecule has 0 aromatic carbocycles. The first-order valence-corrected chi connectivity index (χ1v) is 9.51. The summed E-state index contributed by atoms with van der Waals surface area (Å²) in [7, 11) is 0. The molecule has 25 heavy (non-hydrogen) atoms. The zero-order chi connectivity index (χ0) is 17.0. The minimum atomic E-state index is 0. The molecule has 1 unspecified atom stereocenters. The molecule has 0 bridgehead atoms. The minimum Gasteiger partial charge on any atom is -0.380 e. The molecule has 7 heteroatoms. The Kier molecular flexibility index (Phi) is 7.79. The summed E-state index contributed by atoms with van der Waals surface area (Å²) in [4.78, 5) is 19.3. The van der Waals surface area contributed by atoms with Crippen LogP contribution >= 0.6 is 24.0 Å². The van der Waals surface area contributed by atoms with Crippen LogP contribution in [0.4, 0.5) is 0 Å². The van der Waals surface area contributed by atoms with E-state index in [1.54, 1.807) is 0 Å². The van der Waals surface area contributed by atoms with E-state index in [1.165, 1.54) is 12.8 Å². The van der Waals surface area contributed by atoms with E-state index in [0.717, 1.165) is 64.6 Å². The normalized spacial score (nSPS) is 26.1. The number of ether oxygens (including phenoxy) is 1. The van der Waals surface area contributed by atoms with Gasteiger partial charge in [0, 0.05) is 37.0 Å². The van der Waals surface area contributed by atoms with Gasteiger partial charge in [0.25, 0.3) is 0 Å². The van der Waals surface area contributed by atoms with Gasteiger partial charge in [-0.25, -0.2) is 0 Å². The van der Waals surface area contributed by atoms with Gasteiger partial charge in [0.15, 0.2) is 5.96 Å². The third-order valence-corrected chi connectivity index (χ3v) is 5.41. The molecule has 2 heterocycles. The second-order valence-corrected chi connectivity index (χ2v) is 7.89. The van der Waals surface area contributed by atoms with Crippen LogP contribution in [0, 0.1) is 11.3 Å². The van der Waals surface area contributed by atoms with Crippen LogP contribution in [-0.2, 0) is 9.53 Å². The van der Waals surface area contributed by atoms with Gasteiger partial charge in [0.2, 0.25) is 5.91 Å². The predicted octanol–water partition coefficient (Wildman–Crippen LogP) is 1.99. The highest BCUT2D eigenvalue weighted by atomic mass is 127. The van der Waals surface area contributed by atoms with Crippen LogP contribution in [-0.4, -0.2) is 62.2 Å². The Hall–Kier alpha value is -0.570. The van der Waals surface area contributed by atoms with Crippen molar-refractivity contribution in [3.63, 3.8) is 0 Å². The Morgan fingerprint density at radius 3 is 2.60 bits per heavy atom. The van der Waals surface area contributed by atoms with Gasteiger partial charge in [-0.05, 0) is 26.2 Å². The molecule has 1 amide bonds. The summed E-state index contributed by atoms with van der Waals surface area (Å²) in [6.07, 6.45) is 5.59. The van der Waals surface area contributed by atoms with Crippen molar-refractivity contribution >= 4 is 35.8 Å². The monoisotopic (exact) mass is 464 g/mol. The van der Waals surface area contributed by atoms with Crippen molar-refractivity contribution in [3.05, 3.63) is 0 Å². The molecule has 1 atom stereocenters. The van der Waals surface area contributed by atoms with Gasteiger partial charge in [-0.3, -0.25) is 9.79 Å². The van der Waals surface area contributed by atoms with E-state index in [-0.39, 0.29) is 35.3 Å². The standard InChI is InChI=1S/C18H32N4O2.HI/c1-3-19-17(20-11-18(2)12-24-13-18)21-15-8-9-22(10-15)16(23)14-6-4-5-7-14;/h14-15H,3-13H2,1-2H3,(H2,19,20,21);1H. The Morgan fingerprint density at radius 2 is 2.00 bits per heavy atom. The zero-order valence-electron chi connectivity index (χ0n) is 15.6. The Labute approximate surface area is 168 Å². The lowest BCUT2D eigenvalue weighted by Crippen LogP contribution is -2.47. The lowest BCUT2D eigenvalue weighted by Gasteiger charge is -2.36. The van der Waals surface area contributed by atoms with Crippen molar-refractivity contribution < 1.29 is 9.53 Å². The molecular weight excluding hydrogens is 431 g/mol. The fraction of sp³-hybridized carbons (Fsp3) is 0.889. The number of rotatable bonds is 5. The quantitative estimate of drug-likeness (QED) is 0.371. The average molecular weight is 464 g/mol. The SMILES string of the molecule is CCNC(=NCC1(C)COC1)NC1CCN(C(=O)C2CCCC2)C1.I. The number of halogens is 1. The molecule has 0 aromatic rings. The smallest absolute Gasteiger partial charge is 0.225 e. The van der Waals surface area contributed by atoms with Gasteiger partial charge in [-0.2, -0.15) is 0 Å². The molecule has 0 aromatic heterocycles. The van der Waals surface area contributed by atoms with Crippen LogP contribution in [0.5, 0.6) is 0 Å². The topological polar surface area (TPSA) is 66.0 Å². The van der Waals surface area contributed by atoms with Crippen molar-refractivity contribution in [2.24, 2.45) is 16.3 Å². The third kappa shape index (κ3) is 5.45. The summed E-state index contributed by atoms with van der Waals surface area (Å²) in [6.45, 7) is 9.18. The second-order valence-electron chi connectivity index (χ2n) is 7.89. The number of nitrogens with one attached hydrogen (secondary N) is 2. The molecule has 3 fully saturated rings.